The van der Waals surface area contributed by atoms with Crippen LogP contribution in [0.3, 0.4) is 0 Å². The van der Waals surface area contributed by atoms with Crippen molar-refractivity contribution in [3.63, 3.8) is 0 Å². The second kappa shape index (κ2) is 5.51. The molecular weight excluding hydrogens is 310 g/mol. The molecule has 2 rings (SSSR count). The molecule has 2 aromatic rings. The first-order valence-corrected chi connectivity index (χ1v) is 7.15. The Kier molecular flexibility index (Phi) is 4.00. The number of halogens is 1. The first kappa shape index (κ1) is 13.1. The number of nitrogens with one attached hydrogen (secondary N) is 1. The van der Waals surface area contributed by atoms with Crippen LogP contribution in [-0.4, -0.2) is 4.98 Å². The minimum absolute atomic E-state index is 0.138. The highest BCUT2D eigenvalue weighted by Gasteiger charge is 2.10. The maximum Gasteiger partial charge on any atom is 0.0992 e. The van der Waals surface area contributed by atoms with Gasteiger partial charge in [0.15, 0.2) is 0 Å². The van der Waals surface area contributed by atoms with Crippen LogP contribution in [-0.2, 0) is 0 Å². The van der Waals surface area contributed by atoms with Crippen LogP contribution in [0.2, 0.25) is 0 Å². The monoisotopic (exact) mass is 321 g/mol. The molecule has 18 heavy (non-hydrogen) atoms. The summed E-state index contributed by atoms with van der Waals surface area (Å²) in [5, 5.41) is 15.3. The normalized spacial score (nSPS) is 11.9. The maximum absolute atomic E-state index is 8.82. The summed E-state index contributed by atoms with van der Waals surface area (Å²) >= 11 is 5.11. The molecule has 1 atom stereocenters. The van der Waals surface area contributed by atoms with Crippen LogP contribution in [0.4, 0.5) is 5.69 Å². The highest BCUT2D eigenvalue weighted by atomic mass is 79.9. The van der Waals surface area contributed by atoms with Crippen molar-refractivity contribution in [1.29, 1.82) is 5.26 Å². The molecule has 0 radical (unpaired) electrons. The van der Waals surface area contributed by atoms with E-state index in [0.29, 0.717) is 5.56 Å². The van der Waals surface area contributed by atoms with Crippen molar-refractivity contribution in [3.05, 3.63) is 44.3 Å². The first-order valence-electron chi connectivity index (χ1n) is 5.48. The van der Waals surface area contributed by atoms with E-state index in [1.165, 1.54) is 0 Å². The zero-order valence-electron chi connectivity index (χ0n) is 10.1. The van der Waals surface area contributed by atoms with Gasteiger partial charge in [0.2, 0.25) is 0 Å². The van der Waals surface area contributed by atoms with E-state index in [-0.39, 0.29) is 6.04 Å². The number of hydrogen-bond acceptors (Lipinski definition) is 4. The first-order chi connectivity index (χ1) is 8.60. The smallest absolute Gasteiger partial charge is 0.0992 e. The van der Waals surface area contributed by atoms with Gasteiger partial charge in [-0.05, 0) is 48.0 Å². The van der Waals surface area contributed by atoms with Crippen LogP contribution in [0.1, 0.15) is 29.2 Å². The summed E-state index contributed by atoms with van der Waals surface area (Å²) in [5.41, 5.74) is 2.64. The summed E-state index contributed by atoms with van der Waals surface area (Å²) in [4.78, 5) is 4.46. The Morgan fingerprint density at radius 1 is 1.50 bits per heavy atom. The van der Waals surface area contributed by atoms with Crippen molar-refractivity contribution in [2.24, 2.45) is 0 Å². The standard InChI is InChI=1S/C13H12BrN3S/c1-8(13-7-18-9(2)17-13)16-12-4-3-10(6-15)5-11(12)14/h3-5,7-8,16H,1-2H3. The zero-order chi connectivity index (χ0) is 13.1. The van der Waals surface area contributed by atoms with Gasteiger partial charge in [-0.15, -0.1) is 11.3 Å². The van der Waals surface area contributed by atoms with Crippen LogP contribution in [0, 0.1) is 18.3 Å². The van der Waals surface area contributed by atoms with Gasteiger partial charge in [-0.1, -0.05) is 0 Å². The summed E-state index contributed by atoms with van der Waals surface area (Å²) in [5.74, 6) is 0. The van der Waals surface area contributed by atoms with Crippen molar-refractivity contribution >= 4 is 33.0 Å². The topological polar surface area (TPSA) is 48.7 Å². The third kappa shape index (κ3) is 2.89. The Labute approximate surface area is 119 Å². The summed E-state index contributed by atoms with van der Waals surface area (Å²) in [6.45, 7) is 4.07. The molecule has 0 saturated heterocycles. The van der Waals surface area contributed by atoms with E-state index in [1.54, 1.807) is 23.5 Å². The minimum atomic E-state index is 0.138. The highest BCUT2D eigenvalue weighted by molar-refractivity contribution is 9.10. The molecule has 0 aliphatic carbocycles. The largest absolute Gasteiger partial charge is 0.376 e. The number of nitrogens with zero attached hydrogens (tertiary/aromatic N) is 2. The van der Waals surface area contributed by atoms with Gasteiger partial charge < -0.3 is 5.32 Å². The lowest BCUT2D eigenvalue weighted by Gasteiger charge is -2.14. The van der Waals surface area contributed by atoms with E-state index in [4.69, 9.17) is 5.26 Å². The van der Waals surface area contributed by atoms with Crippen LogP contribution >= 0.6 is 27.3 Å². The molecule has 1 aromatic heterocycles. The Balaban J connectivity index is 2.17. The summed E-state index contributed by atoms with van der Waals surface area (Å²) in [6, 6.07) is 7.76. The molecule has 0 aliphatic rings. The van der Waals surface area contributed by atoms with Crippen LogP contribution in [0.5, 0.6) is 0 Å². The molecule has 92 valence electrons. The van der Waals surface area contributed by atoms with Gasteiger partial charge in [0.25, 0.3) is 0 Å². The molecule has 0 bridgehead atoms. The Bertz CT molecular complexity index is 601. The lowest BCUT2D eigenvalue weighted by Crippen LogP contribution is -2.07. The Hall–Kier alpha value is -1.38. The van der Waals surface area contributed by atoms with E-state index < -0.39 is 0 Å². The number of anilines is 1. The number of benzene rings is 1. The summed E-state index contributed by atoms with van der Waals surface area (Å²) in [7, 11) is 0. The number of thiazole rings is 1. The summed E-state index contributed by atoms with van der Waals surface area (Å²) in [6.07, 6.45) is 0. The Morgan fingerprint density at radius 2 is 2.28 bits per heavy atom. The average Bonchev–Trinajstić information content (AvgIpc) is 2.78. The molecular formula is C13H12BrN3S. The molecule has 0 amide bonds. The van der Waals surface area contributed by atoms with Gasteiger partial charge in [0.05, 0.1) is 28.4 Å². The molecule has 0 fully saturated rings. The van der Waals surface area contributed by atoms with Crippen molar-refractivity contribution in [2.75, 3.05) is 5.32 Å². The molecule has 3 nitrogen and oxygen atoms in total. The summed E-state index contributed by atoms with van der Waals surface area (Å²) < 4.78 is 0.889. The third-order valence-electron chi connectivity index (χ3n) is 2.55. The van der Waals surface area contributed by atoms with Gasteiger partial charge in [0.1, 0.15) is 0 Å². The predicted octanol–water partition coefficient (Wildman–Crippen LogP) is 4.26. The number of nitriles is 1. The fourth-order valence-electron chi connectivity index (χ4n) is 1.59. The van der Waals surface area contributed by atoms with Crippen molar-refractivity contribution < 1.29 is 0 Å². The van der Waals surface area contributed by atoms with Gasteiger partial charge >= 0.3 is 0 Å². The van der Waals surface area contributed by atoms with Crippen LogP contribution in [0.25, 0.3) is 0 Å². The lowest BCUT2D eigenvalue weighted by molar-refractivity contribution is 0.844. The minimum Gasteiger partial charge on any atom is -0.376 e. The van der Waals surface area contributed by atoms with Gasteiger partial charge in [-0.3, -0.25) is 0 Å². The molecule has 0 aliphatic heterocycles. The van der Waals surface area contributed by atoms with E-state index in [0.717, 1.165) is 20.9 Å². The zero-order valence-corrected chi connectivity index (χ0v) is 12.5. The van der Waals surface area contributed by atoms with Gasteiger partial charge in [-0.25, -0.2) is 4.98 Å². The number of aromatic nitrogens is 1. The van der Waals surface area contributed by atoms with Crippen molar-refractivity contribution in [2.45, 2.75) is 19.9 Å². The fourth-order valence-corrected chi connectivity index (χ4v) is 2.79. The van der Waals surface area contributed by atoms with Crippen molar-refractivity contribution in [1.82, 2.24) is 4.98 Å². The van der Waals surface area contributed by atoms with E-state index in [1.807, 2.05) is 13.0 Å². The highest BCUT2D eigenvalue weighted by Crippen LogP contribution is 2.27. The fraction of sp³-hybridized carbons (Fsp3) is 0.231. The molecule has 5 heteroatoms. The molecule has 1 unspecified atom stereocenters. The van der Waals surface area contributed by atoms with E-state index in [2.05, 4.69) is 44.6 Å². The van der Waals surface area contributed by atoms with Crippen LogP contribution in [0.15, 0.2) is 28.1 Å². The number of rotatable bonds is 3. The maximum atomic E-state index is 8.82. The second-order valence-electron chi connectivity index (χ2n) is 3.96. The van der Waals surface area contributed by atoms with Crippen molar-refractivity contribution in [3.8, 4) is 6.07 Å². The number of hydrogen-bond donors (Lipinski definition) is 1. The molecule has 0 spiro atoms. The number of aryl methyl sites for hydroxylation is 1. The quantitative estimate of drug-likeness (QED) is 0.918. The van der Waals surface area contributed by atoms with E-state index in [9.17, 15) is 0 Å². The predicted molar refractivity (Wildman–Crippen MR) is 77.7 cm³/mol. The van der Waals surface area contributed by atoms with E-state index >= 15 is 0 Å². The third-order valence-corrected chi connectivity index (χ3v) is 4.00. The average molecular weight is 322 g/mol. The molecule has 0 saturated carbocycles. The molecule has 1 heterocycles. The molecule has 1 N–H and O–H groups in total. The molecule has 1 aromatic carbocycles. The van der Waals surface area contributed by atoms with Crippen LogP contribution < -0.4 is 5.32 Å². The lowest BCUT2D eigenvalue weighted by atomic mass is 10.2. The van der Waals surface area contributed by atoms with Gasteiger partial charge in [0, 0.05) is 15.5 Å². The Morgan fingerprint density at radius 3 is 2.83 bits per heavy atom. The second-order valence-corrected chi connectivity index (χ2v) is 5.88. The van der Waals surface area contributed by atoms with Gasteiger partial charge in [-0.2, -0.15) is 5.26 Å². The SMILES string of the molecule is Cc1nc(C(C)Nc2ccc(C#N)cc2Br)cs1.